The minimum Gasteiger partial charge on any atom is -0.368 e. The maximum Gasteiger partial charge on any atom is 0.223 e. The Morgan fingerprint density at radius 1 is 1.17 bits per heavy atom. The molecule has 0 aliphatic carbocycles. The number of aryl methyl sites for hydroxylation is 1. The lowest BCUT2D eigenvalue weighted by atomic mass is 10.1. The zero-order valence-electron chi connectivity index (χ0n) is 10.2. The zero-order chi connectivity index (χ0) is 13.0. The fraction of sp³-hybridized carbons (Fsp3) is 0.308. The summed E-state index contributed by atoms with van der Waals surface area (Å²) in [5.74, 6) is 1.72. The predicted molar refractivity (Wildman–Crippen MR) is 72.5 cm³/mol. The third kappa shape index (κ3) is 3.40. The highest BCUT2D eigenvalue weighted by Crippen LogP contribution is 2.13. The second kappa shape index (κ2) is 5.78. The Morgan fingerprint density at radius 3 is 2.67 bits per heavy atom. The largest absolute Gasteiger partial charge is 0.368 e. The zero-order valence-corrected chi connectivity index (χ0v) is 11.0. The number of hydrogen-bond acceptors (Lipinski definition) is 4. The van der Waals surface area contributed by atoms with Crippen LogP contribution in [0.4, 0.5) is 5.95 Å². The number of nitrogen functional groups attached to an aromatic ring is 1. The number of nitrogens with zero attached hydrogens (tertiary/aromatic N) is 3. The highest BCUT2D eigenvalue weighted by atomic mass is 35.5. The highest BCUT2D eigenvalue weighted by molar-refractivity contribution is 6.30. The van der Waals surface area contributed by atoms with Gasteiger partial charge in [0, 0.05) is 17.9 Å². The fourth-order valence-electron chi connectivity index (χ4n) is 1.73. The molecule has 4 nitrogen and oxygen atoms in total. The molecule has 0 saturated heterocycles. The molecule has 0 spiro atoms. The van der Waals surface area contributed by atoms with E-state index in [1.165, 1.54) is 0 Å². The van der Waals surface area contributed by atoms with E-state index in [0.29, 0.717) is 17.3 Å². The van der Waals surface area contributed by atoms with Gasteiger partial charge in [-0.2, -0.15) is 9.97 Å². The Balaban J connectivity index is 2.23. The first-order valence-corrected chi connectivity index (χ1v) is 6.29. The van der Waals surface area contributed by atoms with Gasteiger partial charge in [-0.05, 0) is 24.1 Å². The van der Waals surface area contributed by atoms with Crippen molar-refractivity contribution in [2.75, 3.05) is 5.73 Å². The molecule has 1 aromatic heterocycles. The quantitative estimate of drug-likeness (QED) is 0.920. The molecule has 0 bridgehead atoms. The first kappa shape index (κ1) is 12.8. The highest BCUT2D eigenvalue weighted by Gasteiger charge is 2.05. The molecule has 1 heterocycles. The van der Waals surface area contributed by atoms with Crippen LogP contribution in [0.15, 0.2) is 24.3 Å². The van der Waals surface area contributed by atoms with E-state index >= 15 is 0 Å². The summed E-state index contributed by atoms with van der Waals surface area (Å²) in [4.78, 5) is 12.7. The molecular formula is C13H15ClN4. The van der Waals surface area contributed by atoms with Gasteiger partial charge in [-0.3, -0.25) is 0 Å². The van der Waals surface area contributed by atoms with Gasteiger partial charge >= 0.3 is 0 Å². The molecule has 0 aliphatic rings. The topological polar surface area (TPSA) is 64.7 Å². The lowest BCUT2D eigenvalue weighted by Crippen LogP contribution is -2.07. The van der Waals surface area contributed by atoms with Gasteiger partial charge in [0.2, 0.25) is 5.95 Å². The Hall–Kier alpha value is -1.68. The van der Waals surface area contributed by atoms with Crippen molar-refractivity contribution in [3.63, 3.8) is 0 Å². The van der Waals surface area contributed by atoms with Gasteiger partial charge in [0.1, 0.15) is 11.6 Å². The van der Waals surface area contributed by atoms with Crippen molar-refractivity contribution in [1.29, 1.82) is 0 Å². The Kier molecular flexibility index (Phi) is 4.10. The van der Waals surface area contributed by atoms with Crippen LogP contribution in [0.1, 0.15) is 30.6 Å². The summed E-state index contributed by atoms with van der Waals surface area (Å²) in [5.41, 5.74) is 6.75. The lowest BCUT2D eigenvalue weighted by molar-refractivity contribution is 0.792. The molecule has 5 heteroatoms. The maximum atomic E-state index is 5.95. The molecule has 0 fully saturated rings. The van der Waals surface area contributed by atoms with Crippen molar-refractivity contribution in [3.05, 3.63) is 46.5 Å². The summed E-state index contributed by atoms with van der Waals surface area (Å²) in [7, 11) is 0. The normalized spacial score (nSPS) is 10.6. The molecule has 18 heavy (non-hydrogen) atoms. The van der Waals surface area contributed by atoms with E-state index in [4.69, 9.17) is 17.3 Å². The number of aromatic nitrogens is 3. The lowest BCUT2D eigenvalue weighted by Gasteiger charge is -2.04. The third-order valence-corrected chi connectivity index (χ3v) is 2.71. The van der Waals surface area contributed by atoms with Crippen molar-refractivity contribution in [1.82, 2.24) is 15.0 Å². The van der Waals surface area contributed by atoms with Crippen molar-refractivity contribution in [2.24, 2.45) is 0 Å². The van der Waals surface area contributed by atoms with Gasteiger partial charge in [-0.25, -0.2) is 4.98 Å². The van der Waals surface area contributed by atoms with Gasteiger partial charge in [0.25, 0.3) is 0 Å². The SMILES string of the molecule is CCCc1nc(N)nc(Cc2cccc(Cl)c2)n1. The smallest absolute Gasteiger partial charge is 0.223 e. The van der Waals surface area contributed by atoms with Gasteiger partial charge in [-0.1, -0.05) is 30.7 Å². The minimum absolute atomic E-state index is 0.283. The second-order valence-corrected chi connectivity index (χ2v) is 4.52. The summed E-state index contributed by atoms with van der Waals surface area (Å²) in [6.07, 6.45) is 2.42. The van der Waals surface area contributed by atoms with Crippen LogP contribution in [0.5, 0.6) is 0 Å². The fourth-order valence-corrected chi connectivity index (χ4v) is 1.95. The number of hydrogen-bond donors (Lipinski definition) is 1. The van der Waals surface area contributed by atoms with Crippen molar-refractivity contribution < 1.29 is 0 Å². The third-order valence-electron chi connectivity index (χ3n) is 2.47. The molecule has 0 saturated carbocycles. The number of anilines is 1. The number of nitrogens with two attached hydrogens (primary N) is 1. The Morgan fingerprint density at radius 2 is 1.94 bits per heavy atom. The summed E-state index contributed by atoms with van der Waals surface area (Å²) >= 11 is 5.95. The van der Waals surface area contributed by atoms with Gasteiger partial charge in [0.15, 0.2) is 0 Å². The summed E-state index contributed by atoms with van der Waals surface area (Å²) in [6, 6.07) is 7.65. The molecule has 2 rings (SSSR count). The first-order valence-electron chi connectivity index (χ1n) is 5.91. The molecule has 94 valence electrons. The van der Waals surface area contributed by atoms with Gasteiger partial charge in [-0.15, -0.1) is 0 Å². The monoisotopic (exact) mass is 262 g/mol. The van der Waals surface area contributed by atoms with Crippen LogP contribution in [-0.4, -0.2) is 15.0 Å². The molecule has 0 radical (unpaired) electrons. The molecule has 1 aromatic carbocycles. The average molecular weight is 263 g/mol. The number of benzene rings is 1. The van der Waals surface area contributed by atoms with Crippen LogP contribution in [0.25, 0.3) is 0 Å². The van der Waals surface area contributed by atoms with Gasteiger partial charge < -0.3 is 5.73 Å². The summed E-state index contributed by atoms with van der Waals surface area (Å²) in [6.45, 7) is 2.08. The van der Waals surface area contributed by atoms with Crippen LogP contribution in [0.2, 0.25) is 5.02 Å². The average Bonchev–Trinajstić information content (AvgIpc) is 2.28. The van der Waals surface area contributed by atoms with Crippen LogP contribution in [0.3, 0.4) is 0 Å². The van der Waals surface area contributed by atoms with E-state index < -0.39 is 0 Å². The Bertz CT molecular complexity index is 542. The van der Waals surface area contributed by atoms with Crippen molar-refractivity contribution in [3.8, 4) is 0 Å². The van der Waals surface area contributed by atoms with Crippen molar-refractivity contribution in [2.45, 2.75) is 26.2 Å². The predicted octanol–water partition coefficient (Wildman–Crippen LogP) is 2.65. The standard InChI is InChI=1S/C13H15ClN4/c1-2-4-11-16-12(18-13(15)17-11)8-9-5-3-6-10(14)7-9/h3,5-7H,2,4,8H2,1H3,(H2,15,16,17,18). The van der Waals surface area contributed by atoms with E-state index in [1.807, 2.05) is 24.3 Å². The van der Waals surface area contributed by atoms with E-state index in [9.17, 15) is 0 Å². The van der Waals surface area contributed by atoms with E-state index in [1.54, 1.807) is 0 Å². The molecule has 0 aliphatic heterocycles. The molecule has 0 atom stereocenters. The molecule has 2 aromatic rings. The molecule has 0 unspecified atom stereocenters. The van der Waals surface area contributed by atoms with E-state index in [-0.39, 0.29) is 5.95 Å². The van der Waals surface area contributed by atoms with E-state index in [2.05, 4.69) is 21.9 Å². The van der Waals surface area contributed by atoms with Crippen LogP contribution < -0.4 is 5.73 Å². The van der Waals surface area contributed by atoms with Crippen LogP contribution in [-0.2, 0) is 12.8 Å². The number of halogens is 1. The van der Waals surface area contributed by atoms with Crippen molar-refractivity contribution >= 4 is 17.5 Å². The van der Waals surface area contributed by atoms with E-state index in [0.717, 1.165) is 24.2 Å². The maximum absolute atomic E-state index is 5.95. The molecular weight excluding hydrogens is 248 g/mol. The minimum atomic E-state index is 0.283. The Labute approximate surface area is 111 Å². The number of rotatable bonds is 4. The molecule has 2 N–H and O–H groups in total. The van der Waals surface area contributed by atoms with Crippen LogP contribution >= 0.6 is 11.6 Å². The summed E-state index contributed by atoms with van der Waals surface area (Å²) < 4.78 is 0. The van der Waals surface area contributed by atoms with Gasteiger partial charge in [0.05, 0.1) is 0 Å². The first-order chi connectivity index (χ1) is 8.67. The van der Waals surface area contributed by atoms with Crippen LogP contribution in [0, 0.1) is 0 Å². The second-order valence-electron chi connectivity index (χ2n) is 4.08. The summed E-state index contributed by atoms with van der Waals surface area (Å²) in [5, 5.41) is 0.711. The molecule has 0 amide bonds.